The second-order valence-electron chi connectivity index (χ2n) is 9.86. The fraction of sp³-hybridized carbons (Fsp3) is 0.235. The monoisotopic (exact) mass is 442 g/mol. The van der Waals surface area contributed by atoms with Crippen molar-refractivity contribution in [2.24, 2.45) is 0 Å². The standard InChI is InChI=1S/C34H34/c1-25-3-4-26(2)33(23-25)21-22-34-24-31-16-15-29-9-7-27(8-10-29)5-6-28-11-13-30(14-12-28)17-19-32(34)20-18-31/h3-4,7-14,18,20-24H,5-6,15-17,19H2,1-2H3/b22-21+. The Morgan fingerprint density at radius 1 is 0.441 bits per heavy atom. The summed E-state index contributed by atoms with van der Waals surface area (Å²) in [7, 11) is 0. The summed E-state index contributed by atoms with van der Waals surface area (Å²) in [6.45, 7) is 4.36. The summed E-state index contributed by atoms with van der Waals surface area (Å²) in [5.41, 5.74) is 13.8. The van der Waals surface area contributed by atoms with E-state index < -0.39 is 0 Å². The normalized spacial score (nSPS) is 13.9. The number of aryl methyl sites for hydroxylation is 8. The van der Waals surface area contributed by atoms with Crippen LogP contribution in [0.15, 0.2) is 84.9 Å². The number of rotatable bonds is 2. The van der Waals surface area contributed by atoms with Crippen molar-refractivity contribution in [3.63, 3.8) is 0 Å². The molecule has 6 aliphatic rings. The van der Waals surface area contributed by atoms with E-state index in [1.807, 2.05) is 0 Å². The molecule has 34 heavy (non-hydrogen) atoms. The minimum atomic E-state index is 1.06. The maximum atomic E-state index is 2.41. The van der Waals surface area contributed by atoms with E-state index in [0.717, 1.165) is 38.5 Å². The molecule has 0 unspecified atom stereocenters. The molecular weight excluding hydrogens is 408 g/mol. The van der Waals surface area contributed by atoms with Gasteiger partial charge in [-0.05, 0) is 102 Å². The summed E-state index contributed by atoms with van der Waals surface area (Å²) in [5, 5.41) is 0. The lowest BCUT2D eigenvalue weighted by Crippen LogP contribution is -1.99. The Labute approximate surface area is 205 Å². The predicted molar refractivity (Wildman–Crippen MR) is 146 cm³/mol. The molecule has 10 rings (SSSR count). The van der Waals surface area contributed by atoms with Crippen LogP contribution in [0.4, 0.5) is 0 Å². The number of benzene rings is 4. The van der Waals surface area contributed by atoms with Crippen molar-refractivity contribution in [2.75, 3.05) is 0 Å². The fourth-order valence-corrected chi connectivity index (χ4v) is 4.90. The van der Waals surface area contributed by atoms with Crippen LogP contribution in [0.2, 0.25) is 0 Å². The first kappa shape index (κ1) is 22.4. The van der Waals surface area contributed by atoms with Gasteiger partial charge >= 0.3 is 0 Å². The van der Waals surface area contributed by atoms with Gasteiger partial charge < -0.3 is 0 Å². The Bertz CT molecular complexity index is 1290. The van der Waals surface area contributed by atoms with E-state index in [0.29, 0.717) is 0 Å². The zero-order valence-corrected chi connectivity index (χ0v) is 20.5. The van der Waals surface area contributed by atoms with Gasteiger partial charge in [0.2, 0.25) is 0 Å². The molecule has 0 fully saturated rings. The molecule has 6 aliphatic carbocycles. The van der Waals surface area contributed by atoms with E-state index in [1.165, 1.54) is 55.6 Å². The largest absolute Gasteiger partial charge is 0.0590 e. The summed E-state index contributed by atoms with van der Waals surface area (Å²) in [5.74, 6) is 0. The van der Waals surface area contributed by atoms with Crippen LogP contribution in [0.1, 0.15) is 55.6 Å². The van der Waals surface area contributed by atoms with E-state index in [1.54, 1.807) is 0 Å². The molecule has 4 aromatic rings. The molecular formula is C34H34. The van der Waals surface area contributed by atoms with Gasteiger partial charge in [0.15, 0.2) is 0 Å². The molecule has 0 amide bonds. The van der Waals surface area contributed by atoms with Gasteiger partial charge in [0.05, 0.1) is 0 Å². The molecule has 0 heterocycles. The Balaban J connectivity index is 1.49. The molecule has 0 atom stereocenters. The number of hydrogen-bond acceptors (Lipinski definition) is 0. The summed E-state index contributed by atoms with van der Waals surface area (Å²) in [4.78, 5) is 0. The Morgan fingerprint density at radius 2 is 0.912 bits per heavy atom. The molecule has 0 spiro atoms. The lowest BCUT2D eigenvalue weighted by Gasteiger charge is -2.12. The smallest absolute Gasteiger partial charge is 0.0221 e. The van der Waals surface area contributed by atoms with Crippen LogP contribution in [-0.2, 0) is 38.5 Å². The summed E-state index contributed by atoms with van der Waals surface area (Å²) < 4.78 is 0. The summed E-state index contributed by atoms with van der Waals surface area (Å²) in [6.07, 6.45) is 11.1. The van der Waals surface area contributed by atoms with Gasteiger partial charge in [-0.1, -0.05) is 103 Å². The van der Waals surface area contributed by atoms with E-state index in [9.17, 15) is 0 Å². The van der Waals surface area contributed by atoms with Crippen molar-refractivity contribution in [1.29, 1.82) is 0 Å². The molecule has 0 nitrogen and oxygen atoms in total. The van der Waals surface area contributed by atoms with Gasteiger partial charge in [0.25, 0.3) is 0 Å². The van der Waals surface area contributed by atoms with E-state index >= 15 is 0 Å². The lowest BCUT2D eigenvalue weighted by atomic mass is 9.93. The Kier molecular flexibility index (Phi) is 6.77. The third kappa shape index (κ3) is 5.57. The molecule has 0 N–H and O–H groups in total. The third-order valence-corrected chi connectivity index (χ3v) is 7.22. The zero-order chi connectivity index (χ0) is 23.3. The van der Waals surface area contributed by atoms with Gasteiger partial charge in [-0.15, -0.1) is 0 Å². The average Bonchev–Trinajstić information content (AvgIpc) is 2.87. The van der Waals surface area contributed by atoms with Gasteiger partial charge in [-0.25, -0.2) is 0 Å². The fourth-order valence-electron chi connectivity index (χ4n) is 4.90. The first-order chi connectivity index (χ1) is 16.6. The minimum Gasteiger partial charge on any atom is -0.0590 e. The Morgan fingerprint density at radius 3 is 1.50 bits per heavy atom. The van der Waals surface area contributed by atoms with Gasteiger partial charge in [0.1, 0.15) is 0 Å². The first-order valence-corrected chi connectivity index (χ1v) is 12.7. The third-order valence-electron chi connectivity index (χ3n) is 7.22. The van der Waals surface area contributed by atoms with Crippen LogP contribution in [0.3, 0.4) is 0 Å². The molecule has 0 aliphatic heterocycles. The average molecular weight is 443 g/mol. The van der Waals surface area contributed by atoms with Crippen LogP contribution in [0.5, 0.6) is 0 Å². The second-order valence-corrected chi connectivity index (χ2v) is 9.86. The van der Waals surface area contributed by atoms with Crippen LogP contribution >= 0.6 is 0 Å². The molecule has 0 aromatic heterocycles. The molecule has 0 radical (unpaired) electrons. The van der Waals surface area contributed by atoms with E-state index in [-0.39, 0.29) is 0 Å². The lowest BCUT2D eigenvalue weighted by molar-refractivity contribution is 0.920. The summed E-state index contributed by atoms with van der Waals surface area (Å²) >= 11 is 0. The molecule has 0 saturated heterocycles. The maximum absolute atomic E-state index is 2.41. The van der Waals surface area contributed by atoms with Crippen molar-refractivity contribution in [3.05, 3.63) is 141 Å². The first-order valence-electron chi connectivity index (χ1n) is 12.7. The Hall–Kier alpha value is -3.38. The topological polar surface area (TPSA) is 0 Å². The van der Waals surface area contributed by atoms with Gasteiger partial charge in [0, 0.05) is 0 Å². The van der Waals surface area contributed by atoms with Crippen LogP contribution < -0.4 is 0 Å². The highest BCUT2D eigenvalue weighted by atomic mass is 14.1. The van der Waals surface area contributed by atoms with Crippen LogP contribution in [-0.4, -0.2) is 0 Å². The van der Waals surface area contributed by atoms with Crippen molar-refractivity contribution in [2.45, 2.75) is 52.4 Å². The minimum absolute atomic E-state index is 1.06. The molecule has 6 bridgehead atoms. The van der Waals surface area contributed by atoms with E-state index in [2.05, 4.69) is 111 Å². The van der Waals surface area contributed by atoms with Crippen molar-refractivity contribution >= 4 is 12.2 Å². The molecule has 0 heteroatoms. The van der Waals surface area contributed by atoms with Crippen molar-refractivity contribution < 1.29 is 0 Å². The SMILES string of the molecule is Cc1ccc(C)c(/C=C/c2cc3ccc2CCc2ccc(cc2)CCc2ccc(cc2)CC3)c1. The predicted octanol–water partition coefficient (Wildman–Crippen LogP) is 8.14. The molecule has 4 aromatic carbocycles. The van der Waals surface area contributed by atoms with Crippen LogP contribution in [0.25, 0.3) is 12.2 Å². The summed E-state index contributed by atoms with van der Waals surface area (Å²) in [6, 6.07) is 32.3. The second kappa shape index (κ2) is 10.3. The van der Waals surface area contributed by atoms with Gasteiger partial charge in [-0.2, -0.15) is 0 Å². The maximum Gasteiger partial charge on any atom is -0.0221 e. The highest BCUT2D eigenvalue weighted by Crippen LogP contribution is 2.22. The van der Waals surface area contributed by atoms with Crippen molar-refractivity contribution in [1.82, 2.24) is 0 Å². The molecule has 0 saturated carbocycles. The zero-order valence-electron chi connectivity index (χ0n) is 20.5. The quantitative estimate of drug-likeness (QED) is 0.275. The van der Waals surface area contributed by atoms with E-state index in [4.69, 9.17) is 0 Å². The number of hydrogen-bond donors (Lipinski definition) is 0. The van der Waals surface area contributed by atoms with Crippen molar-refractivity contribution in [3.8, 4) is 0 Å². The van der Waals surface area contributed by atoms with Crippen LogP contribution in [0, 0.1) is 13.8 Å². The van der Waals surface area contributed by atoms with Gasteiger partial charge in [-0.3, -0.25) is 0 Å². The highest BCUT2D eigenvalue weighted by molar-refractivity contribution is 5.73. The molecule has 170 valence electrons. The highest BCUT2D eigenvalue weighted by Gasteiger charge is 2.06.